The molecule has 2 aromatic carbocycles. The number of nitrogens with one attached hydrogen (secondary N) is 1. The third-order valence-electron chi connectivity index (χ3n) is 4.80. The normalized spacial score (nSPS) is 16.2. The molecule has 28 heavy (non-hydrogen) atoms. The van der Waals surface area contributed by atoms with Gasteiger partial charge in [0, 0.05) is 34.2 Å². The first kappa shape index (κ1) is 20.4. The lowest BCUT2D eigenvalue weighted by Crippen LogP contribution is -2.23. The number of aromatic nitrogens is 2. The molecule has 3 aromatic rings. The van der Waals surface area contributed by atoms with Crippen LogP contribution in [0.4, 0.5) is 11.5 Å². The second kappa shape index (κ2) is 8.76. The highest BCUT2D eigenvalue weighted by molar-refractivity contribution is 6.32. The highest BCUT2D eigenvalue weighted by Gasteiger charge is 2.23. The van der Waals surface area contributed by atoms with E-state index in [1.165, 1.54) is 17.6 Å². The molecule has 1 N–H and O–H groups in total. The number of rotatable bonds is 3. The number of hydrogen-bond acceptors (Lipinski definition) is 5. The minimum Gasteiger partial charge on any atom is -0.371 e. The molecule has 0 spiro atoms. The fourth-order valence-corrected chi connectivity index (χ4v) is 3.56. The smallest absolute Gasteiger partial charge is 0.141 e. The number of aldehydes is 1. The molecule has 0 saturated heterocycles. The van der Waals surface area contributed by atoms with Gasteiger partial charge in [-0.15, -0.1) is 0 Å². The molecule has 0 aliphatic carbocycles. The minimum absolute atomic E-state index is 0.284. The average Bonchev–Trinajstić information content (AvgIpc) is 2.98. The van der Waals surface area contributed by atoms with Crippen LogP contribution in [0.1, 0.15) is 19.4 Å². The summed E-state index contributed by atoms with van der Waals surface area (Å²) in [6, 6.07) is 11.8. The summed E-state index contributed by atoms with van der Waals surface area (Å²) >= 11 is 11.9. The fraction of sp³-hybridized carbons (Fsp3) is 0.286. The summed E-state index contributed by atoms with van der Waals surface area (Å²) in [5, 5.41) is 5.37. The molecular formula is C21H22Cl2N4O. The Morgan fingerprint density at radius 2 is 2.04 bits per heavy atom. The van der Waals surface area contributed by atoms with Gasteiger partial charge in [0.2, 0.25) is 0 Å². The van der Waals surface area contributed by atoms with Crippen LogP contribution in [0.25, 0.3) is 10.9 Å². The molecule has 0 unspecified atom stereocenters. The van der Waals surface area contributed by atoms with Gasteiger partial charge in [-0.25, -0.2) is 9.97 Å². The first-order valence-corrected chi connectivity index (χ1v) is 9.78. The highest BCUT2D eigenvalue weighted by atomic mass is 35.5. The minimum atomic E-state index is -0.284. The van der Waals surface area contributed by atoms with Crippen LogP contribution >= 0.6 is 23.2 Å². The van der Waals surface area contributed by atoms with E-state index in [0.717, 1.165) is 28.6 Å². The van der Waals surface area contributed by atoms with Crippen LogP contribution in [0, 0.1) is 0 Å². The summed E-state index contributed by atoms with van der Waals surface area (Å²) in [6.45, 7) is 3.98. The summed E-state index contributed by atoms with van der Waals surface area (Å²) in [4.78, 5) is 21.1. The fourth-order valence-electron chi connectivity index (χ4n) is 3.14. The van der Waals surface area contributed by atoms with Gasteiger partial charge in [-0.3, -0.25) is 0 Å². The molecule has 0 saturated carbocycles. The SMILES string of the molecule is C[C@H](C=O)Nc1ncnc2cc(Cl)ccc12.C[C@H]1Cc2c(Cl)cccc2N1C. The number of carbonyl (C=O) groups is 1. The van der Waals surface area contributed by atoms with Crippen molar-refractivity contribution in [1.82, 2.24) is 9.97 Å². The Morgan fingerprint density at radius 1 is 1.25 bits per heavy atom. The molecule has 146 valence electrons. The number of benzene rings is 2. The van der Waals surface area contributed by atoms with Crippen molar-refractivity contribution in [1.29, 1.82) is 0 Å². The Bertz CT molecular complexity index is 995. The van der Waals surface area contributed by atoms with Crippen LogP contribution in [0.15, 0.2) is 42.7 Å². The third kappa shape index (κ3) is 4.37. The van der Waals surface area contributed by atoms with E-state index in [4.69, 9.17) is 23.2 Å². The van der Waals surface area contributed by atoms with E-state index in [2.05, 4.69) is 40.2 Å². The molecule has 0 bridgehead atoms. The third-order valence-corrected chi connectivity index (χ3v) is 5.39. The van der Waals surface area contributed by atoms with Crippen molar-refractivity contribution in [3.8, 4) is 0 Å². The zero-order chi connectivity index (χ0) is 20.3. The maximum absolute atomic E-state index is 10.6. The van der Waals surface area contributed by atoms with Crippen molar-refractivity contribution in [3.63, 3.8) is 0 Å². The molecule has 0 fully saturated rings. The van der Waals surface area contributed by atoms with E-state index in [1.807, 2.05) is 18.2 Å². The Morgan fingerprint density at radius 3 is 2.75 bits per heavy atom. The number of nitrogens with zero attached hydrogens (tertiary/aromatic N) is 3. The molecule has 1 aromatic heterocycles. The van der Waals surface area contributed by atoms with Gasteiger partial charge in [-0.2, -0.15) is 0 Å². The number of fused-ring (bicyclic) bond motifs is 2. The Balaban J connectivity index is 0.000000167. The number of anilines is 2. The maximum atomic E-state index is 10.6. The van der Waals surface area contributed by atoms with Gasteiger partial charge in [0.25, 0.3) is 0 Å². The van der Waals surface area contributed by atoms with Gasteiger partial charge in [0.05, 0.1) is 11.6 Å². The van der Waals surface area contributed by atoms with E-state index in [1.54, 1.807) is 19.1 Å². The summed E-state index contributed by atoms with van der Waals surface area (Å²) in [5.74, 6) is 0.640. The van der Waals surface area contributed by atoms with Crippen LogP contribution in [0.3, 0.4) is 0 Å². The number of hydrogen-bond donors (Lipinski definition) is 1. The lowest BCUT2D eigenvalue weighted by atomic mass is 10.1. The molecule has 1 aliphatic heterocycles. The summed E-state index contributed by atoms with van der Waals surface area (Å²) in [7, 11) is 2.12. The van der Waals surface area contributed by atoms with Crippen LogP contribution in [-0.4, -0.2) is 35.4 Å². The zero-order valence-electron chi connectivity index (χ0n) is 16.0. The summed E-state index contributed by atoms with van der Waals surface area (Å²) < 4.78 is 0. The van der Waals surface area contributed by atoms with Gasteiger partial charge in [-0.05, 0) is 56.2 Å². The highest BCUT2D eigenvalue weighted by Crippen LogP contribution is 2.35. The molecule has 4 rings (SSSR count). The van der Waals surface area contributed by atoms with Crippen molar-refractivity contribution in [2.45, 2.75) is 32.4 Å². The van der Waals surface area contributed by atoms with Crippen molar-refractivity contribution < 1.29 is 4.79 Å². The standard InChI is InChI=1S/C11H10ClN3O.C10H12ClN/c1-7(5-16)15-11-9-3-2-8(12)4-10(9)13-6-14-11;1-7-6-8-9(11)4-3-5-10(8)12(7)2/h2-7H,1H3,(H,13,14,15);3-5,7H,6H2,1-2H3/t2*7-/m10/s1. The molecule has 7 heteroatoms. The van der Waals surface area contributed by atoms with Crippen LogP contribution < -0.4 is 10.2 Å². The molecule has 1 aliphatic rings. The summed E-state index contributed by atoms with van der Waals surface area (Å²) in [6.07, 6.45) is 3.34. The lowest BCUT2D eigenvalue weighted by molar-refractivity contribution is -0.108. The first-order chi connectivity index (χ1) is 13.4. The van der Waals surface area contributed by atoms with E-state index in [0.29, 0.717) is 16.9 Å². The molecule has 0 amide bonds. The molecule has 0 radical (unpaired) electrons. The topological polar surface area (TPSA) is 58.1 Å². The maximum Gasteiger partial charge on any atom is 0.141 e. The molecule has 2 atom stereocenters. The first-order valence-electron chi connectivity index (χ1n) is 9.03. The van der Waals surface area contributed by atoms with Crippen molar-refractivity contribution in [3.05, 3.63) is 58.3 Å². The van der Waals surface area contributed by atoms with Crippen LogP contribution in [0.5, 0.6) is 0 Å². The second-order valence-corrected chi connectivity index (χ2v) is 7.70. The molecular weight excluding hydrogens is 395 g/mol. The van der Waals surface area contributed by atoms with Crippen molar-refractivity contribution in [2.24, 2.45) is 0 Å². The van der Waals surface area contributed by atoms with E-state index >= 15 is 0 Å². The van der Waals surface area contributed by atoms with Crippen molar-refractivity contribution >= 4 is 51.9 Å². The van der Waals surface area contributed by atoms with E-state index < -0.39 is 0 Å². The Labute approximate surface area is 174 Å². The number of carbonyl (C=O) groups excluding carboxylic acids is 1. The van der Waals surface area contributed by atoms with Crippen molar-refractivity contribution in [2.75, 3.05) is 17.3 Å². The van der Waals surface area contributed by atoms with E-state index in [-0.39, 0.29) is 6.04 Å². The van der Waals surface area contributed by atoms with Gasteiger partial charge in [0.15, 0.2) is 0 Å². The van der Waals surface area contributed by atoms with Gasteiger partial charge >= 0.3 is 0 Å². The van der Waals surface area contributed by atoms with Gasteiger partial charge in [0.1, 0.15) is 18.4 Å². The predicted molar refractivity (Wildman–Crippen MR) is 117 cm³/mol. The Kier molecular flexibility index (Phi) is 6.37. The second-order valence-electron chi connectivity index (χ2n) is 6.85. The zero-order valence-corrected chi connectivity index (χ0v) is 17.5. The largest absolute Gasteiger partial charge is 0.371 e. The van der Waals surface area contributed by atoms with E-state index in [9.17, 15) is 4.79 Å². The average molecular weight is 417 g/mol. The predicted octanol–water partition coefficient (Wildman–Crippen LogP) is 5.00. The monoisotopic (exact) mass is 416 g/mol. The quantitative estimate of drug-likeness (QED) is 0.608. The lowest BCUT2D eigenvalue weighted by Gasteiger charge is -2.17. The summed E-state index contributed by atoms with van der Waals surface area (Å²) in [5.41, 5.74) is 3.34. The Hall–Kier alpha value is -2.37. The van der Waals surface area contributed by atoms with Crippen LogP contribution in [-0.2, 0) is 11.2 Å². The molecule has 5 nitrogen and oxygen atoms in total. The number of likely N-dealkylation sites (N-methyl/N-ethyl adjacent to an activating group) is 1. The number of halogens is 2. The van der Waals surface area contributed by atoms with Gasteiger partial charge in [-0.1, -0.05) is 29.3 Å². The van der Waals surface area contributed by atoms with Gasteiger partial charge < -0.3 is 15.0 Å². The van der Waals surface area contributed by atoms with Crippen LogP contribution in [0.2, 0.25) is 10.0 Å². The molecule has 2 heterocycles.